The van der Waals surface area contributed by atoms with Gasteiger partial charge in [0.25, 0.3) is 0 Å². The van der Waals surface area contributed by atoms with Crippen LogP contribution < -0.4 is 10.6 Å². The van der Waals surface area contributed by atoms with Crippen LogP contribution in [0.3, 0.4) is 0 Å². The Morgan fingerprint density at radius 2 is 1.87 bits per heavy atom. The molecule has 0 aromatic heterocycles. The van der Waals surface area contributed by atoms with E-state index in [1.54, 1.807) is 0 Å². The van der Waals surface area contributed by atoms with Gasteiger partial charge in [-0.1, -0.05) is 43.3 Å². The van der Waals surface area contributed by atoms with Crippen molar-refractivity contribution < 1.29 is 4.79 Å². The normalized spacial score (nSPS) is 10.6. The summed E-state index contributed by atoms with van der Waals surface area (Å²) in [5.74, 6) is 0. The molecule has 4 nitrogen and oxygen atoms in total. The lowest BCUT2D eigenvalue weighted by atomic mass is 10.1. The van der Waals surface area contributed by atoms with Crippen molar-refractivity contribution in [2.75, 3.05) is 18.9 Å². The van der Waals surface area contributed by atoms with Crippen molar-refractivity contribution in [1.82, 2.24) is 10.2 Å². The molecule has 2 aromatic rings. The summed E-state index contributed by atoms with van der Waals surface area (Å²) in [5.41, 5.74) is 3.09. The van der Waals surface area contributed by atoms with Crippen molar-refractivity contribution in [2.24, 2.45) is 0 Å². The second-order valence-corrected chi connectivity index (χ2v) is 6.29. The number of amides is 2. The van der Waals surface area contributed by atoms with Gasteiger partial charge in [0.2, 0.25) is 0 Å². The highest BCUT2D eigenvalue weighted by molar-refractivity contribution is 9.10. The molecule has 0 atom stereocenters. The zero-order valence-electron chi connectivity index (χ0n) is 13.5. The number of benzene rings is 2. The van der Waals surface area contributed by atoms with E-state index in [1.165, 1.54) is 5.56 Å². The lowest BCUT2D eigenvalue weighted by molar-refractivity contribution is 0.251. The van der Waals surface area contributed by atoms with E-state index >= 15 is 0 Å². The first kappa shape index (κ1) is 17.5. The standard InChI is InChI=1S/C18H22BrN3O/c1-3-22(2)13-15-8-6-7-14(11-15)12-20-18(23)21-17-10-5-4-9-16(17)19/h4-11H,3,12-13H2,1-2H3,(H2,20,21,23). The van der Waals surface area contributed by atoms with E-state index in [0.29, 0.717) is 6.54 Å². The van der Waals surface area contributed by atoms with Crippen LogP contribution in [-0.4, -0.2) is 24.5 Å². The van der Waals surface area contributed by atoms with Crippen LogP contribution in [0, 0.1) is 0 Å². The molecular formula is C18H22BrN3O. The zero-order chi connectivity index (χ0) is 16.7. The van der Waals surface area contributed by atoms with Gasteiger partial charge in [0.05, 0.1) is 5.69 Å². The predicted molar refractivity (Wildman–Crippen MR) is 98.5 cm³/mol. The van der Waals surface area contributed by atoms with Crippen LogP contribution in [0.15, 0.2) is 53.0 Å². The third kappa shape index (κ3) is 5.69. The molecule has 0 aliphatic rings. The Balaban J connectivity index is 1.89. The number of hydrogen-bond acceptors (Lipinski definition) is 2. The van der Waals surface area contributed by atoms with Crippen LogP contribution in [0.4, 0.5) is 10.5 Å². The Labute approximate surface area is 146 Å². The van der Waals surface area contributed by atoms with Crippen LogP contribution in [0.5, 0.6) is 0 Å². The fraction of sp³-hybridized carbons (Fsp3) is 0.278. The van der Waals surface area contributed by atoms with Crippen LogP contribution in [-0.2, 0) is 13.1 Å². The molecule has 0 spiro atoms. The molecule has 2 rings (SSSR count). The van der Waals surface area contributed by atoms with E-state index in [4.69, 9.17) is 0 Å². The third-order valence-corrected chi connectivity index (χ3v) is 4.25. The highest BCUT2D eigenvalue weighted by atomic mass is 79.9. The van der Waals surface area contributed by atoms with Crippen molar-refractivity contribution in [3.05, 3.63) is 64.1 Å². The number of hydrogen-bond donors (Lipinski definition) is 2. The minimum atomic E-state index is -0.215. The molecule has 0 heterocycles. The Morgan fingerprint density at radius 1 is 1.13 bits per heavy atom. The van der Waals surface area contributed by atoms with E-state index in [2.05, 4.69) is 57.6 Å². The first-order valence-electron chi connectivity index (χ1n) is 7.64. The van der Waals surface area contributed by atoms with Crippen molar-refractivity contribution >= 4 is 27.6 Å². The molecule has 0 saturated heterocycles. The van der Waals surface area contributed by atoms with Crippen molar-refractivity contribution in [3.8, 4) is 0 Å². The maximum Gasteiger partial charge on any atom is 0.319 e. The number of para-hydroxylation sites is 1. The second kappa shape index (κ2) is 8.70. The molecule has 0 fully saturated rings. The van der Waals surface area contributed by atoms with Gasteiger partial charge in [-0.15, -0.1) is 0 Å². The predicted octanol–water partition coefficient (Wildman–Crippen LogP) is 4.22. The summed E-state index contributed by atoms with van der Waals surface area (Å²) in [4.78, 5) is 14.2. The van der Waals surface area contributed by atoms with E-state index in [-0.39, 0.29) is 6.03 Å². The number of carbonyl (C=O) groups excluding carboxylic acids is 1. The van der Waals surface area contributed by atoms with Crippen LogP contribution in [0.25, 0.3) is 0 Å². The molecule has 5 heteroatoms. The summed E-state index contributed by atoms with van der Waals surface area (Å²) in [6.45, 7) is 4.56. The van der Waals surface area contributed by atoms with Crippen LogP contribution >= 0.6 is 15.9 Å². The van der Waals surface area contributed by atoms with Crippen molar-refractivity contribution in [2.45, 2.75) is 20.0 Å². The minimum absolute atomic E-state index is 0.215. The molecule has 0 saturated carbocycles. The summed E-state index contributed by atoms with van der Waals surface area (Å²) in [6, 6.07) is 15.6. The number of nitrogens with zero attached hydrogens (tertiary/aromatic N) is 1. The lowest BCUT2D eigenvalue weighted by Crippen LogP contribution is -2.28. The monoisotopic (exact) mass is 375 g/mol. The summed E-state index contributed by atoms with van der Waals surface area (Å²) in [7, 11) is 2.09. The topological polar surface area (TPSA) is 44.4 Å². The molecule has 0 unspecified atom stereocenters. The third-order valence-electron chi connectivity index (χ3n) is 3.56. The number of urea groups is 1. The molecule has 0 aliphatic heterocycles. The van der Waals surface area contributed by atoms with Crippen LogP contribution in [0.2, 0.25) is 0 Å². The van der Waals surface area contributed by atoms with Crippen LogP contribution in [0.1, 0.15) is 18.1 Å². The fourth-order valence-corrected chi connectivity index (χ4v) is 2.56. The van der Waals surface area contributed by atoms with Gasteiger partial charge in [-0.25, -0.2) is 4.79 Å². The largest absolute Gasteiger partial charge is 0.334 e. The SMILES string of the molecule is CCN(C)Cc1cccc(CNC(=O)Nc2ccccc2Br)c1. The Bertz CT molecular complexity index is 660. The van der Waals surface area contributed by atoms with Crippen molar-refractivity contribution in [3.63, 3.8) is 0 Å². The molecule has 2 N–H and O–H groups in total. The van der Waals surface area contributed by atoms with Gasteiger partial charge in [-0.05, 0) is 52.8 Å². The molecule has 2 amide bonds. The quantitative estimate of drug-likeness (QED) is 0.793. The number of anilines is 1. The van der Waals surface area contributed by atoms with Gasteiger partial charge >= 0.3 is 6.03 Å². The second-order valence-electron chi connectivity index (χ2n) is 5.44. The maximum absolute atomic E-state index is 12.0. The zero-order valence-corrected chi connectivity index (χ0v) is 15.1. The molecule has 2 aromatic carbocycles. The molecule has 0 aliphatic carbocycles. The van der Waals surface area contributed by atoms with Gasteiger partial charge in [0.15, 0.2) is 0 Å². The lowest BCUT2D eigenvalue weighted by Gasteiger charge is -2.14. The summed E-state index contributed by atoms with van der Waals surface area (Å²) < 4.78 is 0.861. The number of carbonyl (C=O) groups is 1. The average molecular weight is 376 g/mol. The van der Waals surface area contributed by atoms with Gasteiger partial charge in [-0.3, -0.25) is 0 Å². The van der Waals surface area contributed by atoms with E-state index in [0.717, 1.165) is 28.8 Å². The Morgan fingerprint density at radius 3 is 2.61 bits per heavy atom. The molecule has 0 bridgehead atoms. The van der Waals surface area contributed by atoms with Gasteiger partial charge in [0, 0.05) is 17.6 Å². The first-order chi connectivity index (χ1) is 11.1. The van der Waals surface area contributed by atoms with E-state index in [9.17, 15) is 4.79 Å². The number of halogens is 1. The summed E-state index contributed by atoms with van der Waals surface area (Å²) in [6.07, 6.45) is 0. The van der Waals surface area contributed by atoms with Crippen molar-refractivity contribution in [1.29, 1.82) is 0 Å². The number of rotatable bonds is 6. The van der Waals surface area contributed by atoms with Gasteiger partial charge < -0.3 is 15.5 Å². The highest BCUT2D eigenvalue weighted by Gasteiger charge is 2.05. The molecular weight excluding hydrogens is 354 g/mol. The highest BCUT2D eigenvalue weighted by Crippen LogP contribution is 2.20. The maximum atomic E-state index is 12.0. The van der Waals surface area contributed by atoms with Gasteiger partial charge in [0.1, 0.15) is 0 Å². The fourth-order valence-electron chi connectivity index (χ4n) is 2.17. The summed E-state index contributed by atoms with van der Waals surface area (Å²) >= 11 is 3.41. The van der Waals surface area contributed by atoms with Gasteiger partial charge in [-0.2, -0.15) is 0 Å². The molecule has 0 radical (unpaired) electrons. The average Bonchev–Trinajstić information content (AvgIpc) is 2.55. The summed E-state index contributed by atoms with van der Waals surface area (Å²) in [5, 5.41) is 5.72. The Hall–Kier alpha value is -1.85. The first-order valence-corrected chi connectivity index (χ1v) is 8.43. The minimum Gasteiger partial charge on any atom is -0.334 e. The number of nitrogens with one attached hydrogen (secondary N) is 2. The molecule has 122 valence electrons. The Kier molecular flexibility index (Phi) is 6.62. The van der Waals surface area contributed by atoms with E-state index in [1.807, 2.05) is 36.4 Å². The van der Waals surface area contributed by atoms with E-state index < -0.39 is 0 Å². The molecule has 23 heavy (non-hydrogen) atoms. The smallest absolute Gasteiger partial charge is 0.319 e.